The molecule has 144 valence electrons. The molecule has 1 saturated carbocycles. The summed E-state index contributed by atoms with van der Waals surface area (Å²) in [4.78, 5) is 13.0. The Labute approximate surface area is 165 Å². The van der Waals surface area contributed by atoms with Crippen LogP contribution in [-0.2, 0) is 11.8 Å². The van der Waals surface area contributed by atoms with E-state index in [1.807, 2.05) is 35.9 Å². The van der Waals surface area contributed by atoms with Crippen LogP contribution in [0.15, 0.2) is 55.9 Å². The Morgan fingerprint density at radius 3 is 2.75 bits per heavy atom. The third kappa shape index (κ3) is 3.15. The molecule has 0 radical (unpaired) electrons. The van der Waals surface area contributed by atoms with Crippen molar-refractivity contribution in [2.24, 2.45) is 12.1 Å². The third-order valence-corrected chi connectivity index (χ3v) is 5.98. The molecular formula is C19H19N5O3S. The predicted molar refractivity (Wildman–Crippen MR) is 102 cm³/mol. The quantitative estimate of drug-likeness (QED) is 0.593. The van der Waals surface area contributed by atoms with Gasteiger partial charge in [-0.2, -0.15) is 5.10 Å². The van der Waals surface area contributed by atoms with E-state index in [2.05, 4.69) is 15.3 Å². The highest BCUT2D eigenvalue weighted by Crippen LogP contribution is 2.39. The molecule has 1 atom stereocenters. The van der Waals surface area contributed by atoms with Gasteiger partial charge in [0.25, 0.3) is 5.91 Å². The first-order valence-electron chi connectivity index (χ1n) is 9.19. The van der Waals surface area contributed by atoms with Gasteiger partial charge in [-0.1, -0.05) is 11.8 Å². The zero-order chi connectivity index (χ0) is 19.1. The van der Waals surface area contributed by atoms with Crippen LogP contribution in [-0.4, -0.2) is 37.1 Å². The number of hydrogen-bond acceptors (Lipinski definition) is 7. The molecule has 1 amide bonds. The number of aromatic nitrogens is 3. The zero-order valence-corrected chi connectivity index (χ0v) is 16.1. The second-order valence-corrected chi connectivity index (χ2v) is 7.90. The first-order valence-corrected chi connectivity index (χ1v) is 10.2. The molecule has 1 fully saturated rings. The van der Waals surface area contributed by atoms with Gasteiger partial charge < -0.3 is 13.4 Å². The van der Waals surface area contributed by atoms with E-state index in [9.17, 15) is 4.79 Å². The average molecular weight is 397 g/mol. The monoisotopic (exact) mass is 397 g/mol. The van der Waals surface area contributed by atoms with Crippen molar-refractivity contribution >= 4 is 23.4 Å². The molecule has 0 aromatic carbocycles. The van der Waals surface area contributed by atoms with Crippen molar-refractivity contribution in [2.45, 2.75) is 36.4 Å². The van der Waals surface area contributed by atoms with Crippen LogP contribution in [0.3, 0.4) is 0 Å². The fourth-order valence-electron chi connectivity index (χ4n) is 3.38. The summed E-state index contributed by atoms with van der Waals surface area (Å²) in [5.41, 5.74) is 0.736. The topological polar surface area (TPSA) is 89.7 Å². The summed E-state index contributed by atoms with van der Waals surface area (Å²) in [7, 11) is 1.95. The Morgan fingerprint density at radius 2 is 2.04 bits per heavy atom. The van der Waals surface area contributed by atoms with Crippen molar-refractivity contribution in [2.75, 3.05) is 5.75 Å². The molecule has 4 heterocycles. The molecule has 2 aliphatic rings. The van der Waals surface area contributed by atoms with Gasteiger partial charge in [-0.05, 0) is 37.1 Å². The first-order chi connectivity index (χ1) is 13.7. The minimum atomic E-state index is -0.273. The van der Waals surface area contributed by atoms with Crippen molar-refractivity contribution in [1.82, 2.24) is 19.8 Å². The Balaban J connectivity index is 1.33. The van der Waals surface area contributed by atoms with E-state index < -0.39 is 0 Å². The highest BCUT2D eigenvalue weighted by atomic mass is 32.2. The van der Waals surface area contributed by atoms with Crippen LogP contribution in [0.5, 0.6) is 0 Å². The normalized spacial score (nSPS) is 19.2. The van der Waals surface area contributed by atoms with Gasteiger partial charge in [0.05, 0.1) is 18.3 Å². The van der Waals surface area contributed by atoms with Gasteiger partial charge in [0, 0.05) is 19.4 Å². The Bertz CT molecular complexity index is 1000. The van der Waals surface area contributed by atoms with Crippen LogP contribution < -0.4 is 0 Å². The summed E-state index contributed by atoms with van der Waals surface area (Å²) < 4.78 is 13.0. The van der Waals surface area contributed by atoms with Gasteiger partial charge in [0.15, 0.2) is 5.16 Å². The maximum absolute atomic E-state index is 13.0. The van der Waals surface area contributed by atoms with Crippen LogP contribution in [0, 0.1) is 0 Å². The molecule has 0 spiro atoms. The number of amides is 1. The smallest absolute Gasteiger partial charge is 0.253 e. The summed E-state index contributed by atoms with van der Waals surface area (Å²) in [6.07, 6.45) is 6.09. The second-order valence-electron chi connectivity index (χ2n) is 6.96. The molecule has 0 bridgehead atoms. The van der Waals surface area contributed by atoms with Gasteiger partial charge in [-0.15, -0.1) is 10.2 Å². The Hall–Kier alpha value is -2.81. The summed E-state index contributed by atoms with van der Waals surface area (Å²) >= 11 is 1.38. The standard InChI is InChI=1S/C19H19N5O3S/c1-23-18(12-6-7-12)20-21-19(23)28-11-17(25)24-14(16-5-3-9-27-16)10-13(22-24)15-4-2-8-26-15/h2-5,8-9,12,14H,6-7,10-11H2,1H3/t14-/m1/s1. The second kappa shape index (κ2) is 6.97. The van der Waals surface area contributed by atoms with Crippen LogP contribution in [0.2, 0.25) is 0 Å². The van der Waals surface area contributed by atoms with Gasteiger partial charge in [0.1, 0.15) is 29.1 Å². The highest BCUT2D eigenvalue weighted by Gasteiger charge is 2.36. The van der Waals surface area contributed by atoms with Crippen molar-refractivity contribution in [3.8, 4) is 0 Å². The molecule has 0 unspecified atom stereocenters. The van der Waals surface area contributed by atoms with Gasteiger partial charge in [0.2, 0.25) is 0 Å². The van der Waals surface area contributed by atoms with E-state index >= 15 is 0 Å². The van der Waals surface area contributed by atoms with Crippen LogP contribution in [0.1, 0.15) is 48.6 Å². The number of thioether (sulfide) groups is 1. The molecule has 5 rings (SSSR count). The van der Waals surface area contributed by atoms with Gasteiger partial charge in [-0.25, -0.2) is 5.01 Å². The molecule has 1 aliphatic heterocycles. The lowest BCUT2D eigenvalue weighted by molar-refractivity contribution is -0.130. The average Bonchev–Trinajstić information content (AvgIpc) is 3.19. The van der Waals surface area contributed by atoms with Crippen LogP contribution in [0.4, 0.5) is 0 Å². The Kier molecular flexibility index (Phi) is 4.31. The largest absolute Gasteiger partial charge is 0.467 e. The summed E-state index contributed by atoms with van der Waals surface area (Å²) in [5, 5.41) is 15.3. The molecule has 28 heavy (non-hydrogen) atoms. The molecule has 8 nitrogen and oxygen atoms in total. The van der Waals surface area contributed by atoms with Crippen LogP contribution >= 0.6 is 11.8 Å². The van der Waals surface area contributed by atoms with E-state index in [-0.39, 0.29) is 17.7 Å². The van der Waals surface area contributed by atoms with Gasteiger partial charge >= 0.3 is 0 Å². The van der Waals surface area contributed by atoms with Crippen LogP contribution in [0.25, 0.3) is 0 Å². The van der Waals surface area contributed by atoms with E-state index in [1.165, 1.54) is 29.6 Å². The van der Waals surface area contributed by atoms with E-state index in [0.29, 0.717) is 23.9 Å². The summed E-state index contributed by atoms with van der Waals surface area (Å²) in [6, 6.07) is 7.07. The Morgan fingerprint density at radius 1 is 1.21 bits per heavy atom. The number of rotatable bonds is 6. The fourth-order valence-corrected chi connectivity index (χ4v) is 4.15. The lowest BCUT2D eigenvalue weighted by Gasteiger charge is -2.19. The maximum atomic E-state index is 13.0. The molecule has 0 N–H and O–H groups in total. The van der Waals surface area contributed by atoms with Gasteiger partial charge in [-0.3, -0.25) is 4.79 Å². The third-order valence-electron chi connectivity index (χ3n) is 4.98. The van der Waals surface area contributed by atoms with E-state index in [4.69, 9.17) is 8.83 Å². The molecule has 3 aromatic heterocycles. The molecule has 1 aliphatic carbocycles. The lowest BCUT2D eigenvalue weighted by Crippen LogP contribution is -2.28. The van der Waals surface area contributed by atoms with Crippen molar-refractivity contribution < 1.29 is 13.6 Å². The minimum Gasteiger partial charge on any atom is -0.467 e. The fraction of sp³-hybridized carbons (Fsp3) is 0.368. The number of furan rings is 2. The predicted octanol–water partition coefficient (Wildman–Crippen LogP) is 3.35. The summed E-state index contributed by atoms with van der Waals surface area (Å²) in [6.45, 7) is 0. The minimum absolute atomic E-state index is 0.107. The molecular weight excluding hydrogens is 378 g/mol. The number of hydrazone groups is 1. The van der Waals surface area contributed by atoms with E-state index in [0.717, 1.165) is 16.7 Å². The van der Waals surface area contributed by atoms with Crippen molar-refractivity contribution in [3.05, 3.63) is 54.1 Å². The SMILES string of the molecule is Cn1c(SCC(=O)N2N=C(c3ccco3)C[C@@H]2c2ccco2)nnc1C1CC1. The maximum Gasteiger partial charge on any atom is 0.253 e. The highest BCUT2D eigenvalue weighted by molar-refractivity contribution is 7.99. The molecule has 0 saturated heterocycles. The van der Waals surface area contributed by atoms with Crippen molar-refractivity contribution in [1.29, 1.82) is 0 Å². The first kappa shape index (κ1) is 17.3. The lowest BCUT2D eigenvalue weighted by atomic mass is 10.1. The summed E-state index contributed by atoms with van der Waals surface area (Å²) in [5.74, 6) is 3.01. The number of carbonyl (C=O) groups excluding carboxylic acids is 1. The number of hydrogen-bond donors (Lipinski definition) is 0. The van der Waals surface area contributed by atoms with E-state index in [1.54, 1.807) is 12.5 Å². The molecule has 9 heteroatoms. The number of carbonyl (C=O) groups is 1. The zero-order valence-electron chi connectivity index (χ0n) is 15.3. The number of nitrogens with zero attached hydrogens (tertiary/aromatic N) is 5. The molecule has 3 aromatic rings. The van der Waals surface area contributed by atoms with Crippen molar-refractivity contribution in [3.63, 3.8) is 0 Å².